The molecule has 0 aromatic carbocycles. The number of aliphatic carboxylic acids is 1. The summed E-state index contributed by atoms with van der Waals surface area (Å²) in [6.07, 6.45) is 0. The quantitative estimate of drug-likeness (QED) is 0.749. The Labute approximate surface area is 104 Å². The maximum Gasteiger partial charge on any atom is 0.326 e. The molecule has 1 heterocycles. The lowest BCUT2D eigenvalue weighted by molar-refractivity contribution is -0.140. The highest BCUT2D eigenvalue weighted by Gasteiger charge is 2.23. The highest BCUT2D eigenvalue weighted by Crippen LogP contribution is 2.05. The molecule has 2 amide bonds. The van der Waals surface area contributed by atoms with Gasteiger partial charge >= 0.3 is 12.0 Å². The highest BCUT2D eigenvalue weighted by atomic mass is 32.1. The summed E-state index contributed by atoms with van der Waals surface area (Å²) >= 11 is 1.55. The van der Waals surface area contributed by atoms with Crippen molar-refractivity contribution in [1.29, 1.82) is 0 Å². The zero-order chi connectivity index (χ0) is 12.8. The Morgan fingerprint density at radius 3 is 2.65 bits per heavy atom. The SMILES string of the molecule is CC(C)[C@@H](NC(=O)NCc1ccsc1)C(=O)O. The van der Waals surface area contributed by atoms with Crippen LogP contribution in [0.5, 0.6) is 0 Å². The minimum atomic E-state index is -1.02. The van der Waals surface area contributed by atoms with Crippen molar-refractivity contribution in [3.63, 3.8) is 0 Å². The van der Waals surface area contributed by atoms with Gasteiger partial charge in [0.05, 0.1) is 0 Å². The predicted molar refractivity (Wildman–Crippen MR) is 66.0 cm³/mol. The third kappa shape index (κ3) is 4.44. The van der Waals surface area contributed by atoms with Crippen LogP contribution >= 0.6 is 11.3 Å². The average Bonchev–Trinajstić information content (AvgIpc) is 2.74. The molecule has 3 N–H and O–H groups in total. The van der Waals surface area contributed by atoms with E-state index in [4.69, 9.17) is 5.11 Å². The van der Waals surface area contributed by atoms with Gasteiger partial charge in [-0.05, 0) is 28.3 Å². The van der Waals surface area contributed by atoms with Crippen molar-refractivity contribution in [2.24, 2.45) is 5.92 Å². The Hall–Kier alpha value is -1.56. The van der Waals surface area contributed by atoms with Gasteiger partial charge < -0.3 is 15.7 Å². The molecular weight excluding hydrogens is 240 g/mol. The lowest BCUT2D eigenvalue weighted by Gasteiger charge is -2.18. The number of carboxylic acid groups (broad SMARTS) is 1. The van der Waals surface area contributed by atoms with Crippen LogP contribution in [0.3, 0.4) is 0 Å². The fourth-order valence-corrected chi connectivity index (χ4v) is 1.95. The fourth-order valence-electron chi connectivity index (χ4n) is 1.28. The van der Waals surface area contributed by atoms with Crippen molar-refractivity contribution >= 4 is 23.3 Å². The molecule has 0 aliphatic heterocycles. The Morgan fingerprint density at radius 2 is 2.18 bits per heavy atom. The Bertz CT molecular complexity index is 376. The van der Waals surface area contributed by atoms with Crippen molar-refractivity contribution in [2.75, 3.05) is 0 Å². The maximum atomic E-state index is 11.5. The molecule has 0 spiro atoms. The van der Waals surface area contributed by atoms with Gasteiger partial charge in [-0.3, -0.25) is 0 Å². The molecule has 1 rings (SSSR count). The van der Waals surface area contributed by atoms with Gasteiger partial charge in [0.25, 0.3) is 0 Å². The molecule has 1 aromatic rings. The van der Waals surface area contributed by atoms with Gasteiger partial charge in [0.15, 0.2) is 0 Å². The topological polar surface area (TPSA) is 78.4 Å². The van der Waals surface area contributed by atoms with Crippen LogP contribution < -0.4 is 10.6 Å². The molecular formula is C11H16N2O3S. The number of carbonyl (C=O) groups excluding carboxylic acids is 1. The van der Waals surface area contributed by atoms with E-state index in [0.717, 1.165) is 5.56 Å². The van der Waals surface area contributed by atoms with E-state index in [1.807, 2.05) is 16.8 Å². The van der Waals surface area contributed by atoms with Gasteiger partial charge in [-0.1, -0.05) is 13.8 Å². The fraction of sp³-hybridized carbons (Fsp3) is 0.455. The van der Waals surface area contributed by atoms with E-state index in [9.17, 15) is 9.59 Å². The summed E-state index contributed by atoms with van der Waals surface area (Å²) in [7, 11) is 0. The van der Waals surface area contributed by atoms with Crippen LogP contribution in [0, 0.1) is 5.92 Å². The summed E-state index contributed by atoms with van der Waals surface area (Å²) in [6.45, 7) is 3.90. The second-order valence-corrected chi connectivity index (χ2v) is 4.80. The van der Waals surface area contributed by atoms with Crippen LogP contribution in [-0.4, -0.2) is 23.1 Å². The van der Waals surface area contributed by atoms with E-state index in [1.165, 1.54) is 0 Å². The Kier molecular flexibility index (Phi) is 4.96. The molecule has 0 fully saturated rings. The van der Waals surface area contributed by atoms with E-state index >= 15 is 0 Å². The number of nitrogens with one attached hydrogen (secondary N) is 2. The van der Waals surface area contributed by atoms with Crippen LogP contribution in [-0.2, 0) is 11.3 Å². The van der Waals surface area contributed by atoms with E-state index in [-0.39, 0.29) is 5.92 Å². The highest BCUT2D eigenvalue weighted by molar-refractivity contribution is 7.07. The first-order chi connectivity index (χ1) is 8.00. The first-order valence-electron chi connectivity index (χ1n) is 5.29. The largest absolute Gasteiger partial charge is 0.480 e. The summed E-state index contributed by atoms with van der Waals surface area (Å²) in [6, 6.07) is 0.581. The monoisotopic (exact) mass is 256 g/mol. The first kappa shape index (κ1) is 13.5. The Morgan fingerprint density at radius 1 is 1.47 bits per heavy atom. The molecule has 0 radical (unpaired) electrons. The Balaban J connectivity index is 2.40. The van der Waals surface area contributed by atoms with Gasteiger partial charge in [0.2, 0.25) is 0 Å². The third-order valence-corrected chi connectivity index (χ3v) is 2.98. The lowest BCUT2D eigenvalue weighted by Crippen LogP contribution is -2.48. The van der Waals surface area contributed by atoms with Crippen LogP contribution in [0.2, 0.25) is 0 Å². The van der Waals surface area contributed by atoms with Gasteiger partial charge in [-0.25, -0.2) is 9.59 Å². The van der Waals surface area contributed by atoms with Crippen LogP contribution in [0.1, 0.15) is 19.4 Å². The van der Waals surface area contributed by atoms with E-state index in [0.29, 0.717) is 6.54 Å². The predicted octanol–water partition coefficient (Wildman–Crippen LogP) is 1.66. The van der Waals surface area contributed by atoms with Crippen molar-refractivity contribution < 1.29 is 14.7 Å². The lowest BCUT2D eigenvalue weighted by atomic mass is 10.1. The molecule has 0 saturated carbocycles. The van der Waals surface area contributed by atoms with Gasteiger partial charge in [-0.2, -0.15) is 11.3 Å². The number of carbonyl (C=O) groups is 2. The number of urea groups is 1. The number of thiophene rings is 1. The number of carboxylic acids is 1. The molecule has 1 atom stereocenters. The zero-order valence-corrected chi connectivity index (χ0v) is 10.6. The molecule has 17 heavy (non-hydrogen) atoms. The van der Waals surface area contributed by atoms with E-state index < -0.39 is 18.0 Å². The normalized spacial score (nSPS) is 12.2. The van der Waals surface area contributed by atoms with Crippen molar-refractivity contribution in [1.82, 2.24) is 10.6 Å². The first-order valence-corrected chi connectivity index (χ1v) is 6.23. The average molecular weight is 256 g/mol. The molecule has 5 nitrogen and oxygen atoms in total. The molecule has 1 aromatic heterocycles. The molecule has 0 aliphatic rings. The van der Waals surface area contributed by atoms with Crippen LogP contribution in [0.15, 0.2) is 16.8 Å². The summed E-state index contributed by atoms with van der Waals surface area (Å²) in [4.78, 5) is 22.3. The van der Waals surface area contributed by atoms with Gasteiger partial charge in [0, 0.05) is 6.54 Å². The van der Waals surface area contributed by atoms with Crippen molar-refractivity contribution in [2.45, 2.75) is 26.4 Å². The molecule has 6 heteroatoms. The van der Waals surface area contributed by atoms with Crippen molar-refractivity contribution in [3.05, 3.63) is 22.4 Å². The van der Waals surface area contributed by atoms with Crippen LogP contribution in [0.4, 0.5) is 4.79 Å². The second kappa shape index (κ2) is 6.24. The number of hydrogen-bond donors (Lipinski definition) is 3. The minimum absolute atomic E-state index is 0.153. The van der Waals surface area contributed by atoms with Crippen molar-refractivity contribution in [3.8, 4) is 0 Å². The summed E-state index contributed by atoms with van der Waals surface area (Å²) in [5.74, 6) is -1.18. The second-order valence-electron chi connectivity index (χ2n) is 4.02. The van der Waals surface area contributed by atoms with Gasteiger partial charge in [0.1, 0.15) is 6.04 Å². The molecule has 0 saturated heterocycles. The molecule has 94 valence electrons. The number of rotatable bonds is 5. The molecule has 0 bridgehead atoms. The van der Waals surface area contributed by atoms with E-state index in [2.05, 4.69) is 10.6 Å². The summed E-state index contributed by atoms with van der Waals surface area (Å²) < 4.78 is 0. The standard InChI is InChI=1S/C11H16N2O3S/c1-7(2)9(10(14)15)13-11(16)12-5-8-3-4-17-6-8/h3-4,6-7,9H,5H2,1-2H3,(H,14,15)(H2,12,13,16)/t9-/m1/s1. The molecule has 0 unspecified atom stereocenters. The van der Waals surface area contributed by atoms with Gasteiger partial charge in [-0.15, -0.1) is 0 Å². The van der Waals surface area contributed by atoms with Crippen LogP contribution in [0.25, 0.3) is 0 Å². The third-order valence-electron chi connectivity index (χ3n) is 2.25. The number of amides is 2. The number of hydrogen-bond acceptors (Lipinski definition) is 3. The minimum Gasteiger partial charge on any atom is -0.480 e. The maximum absolute atomic E-state index is 11.5. The molecule has 0 aliphatic carbocycles. The van der Waals surface area contributed by atoms with E-state index in [1.54, 1.807) is 25.2 Å². The summed E-state index contributed by atoms with van der Waals surface area (Å²) in [5, 5.41) is 17.8. The smallest absolute Gasteiger partial charge is 0.326 e. The summed E-state index contributed by atoms with van der Waals surface area (Å²) in [5.41, 5.74) is 1.00. The zero-order valence-electron chi connectivity index (χ0n) is 9.77.